The summed E-state index contributed by atoms with van der Waals surface area (Å²) in [5.74, 6) is -0.431. The number of pyridine rings is 1. The molecule has 1 N–H and O–H groups in total. The fraction of sp³-hybridized carbons (Fsp3) is 0.417. The van der Waals surface area contributed by atoms with Gasteiger partial charge in [-0.3, -0.25) is 14.6 Å². The number of aromatic nitrogens is 1. The number of carbonyl (C=O) groups excluding carboxylic acids is 2. The first kappa shape index (κ1) is 12.5. The second-order valence-corrected chi connectivity index (χ2v) is 3.89. The predicted molar refractivity (Wildman–Crippen MR) is 64.0 cm³/mol. The Hall–Kier alpha value is -1.95. The van der Waals surface area contributed by atoms with E-state index in [1.54, 1.807) is 29.3 Å². The smallest absolute Gasteiger partial charge is 0.270 e. The normalized spacial score (nSPS) is 15.2. The highest BCUT2D eigenvalue weighted by molar-refractivity contribution is 5.94. The summed E-state index contributed by atoms with van der Waals surface area (Å²) in [6, 6.07) is 5.07. The lowest BCUT2D eigenvalue weighted by atomic mass is 10.3. The molecule has 2 heterocycles. The molecule has 1 saturated heterocycles. The van der Waals surface area contributed by atoms with Crippen molar-refractivity contribution in [3.05, 3.63) is 30.1 Å². The van der Waals surface area contributed by atoms with E-state index in [1.807, 2.05) is 0 Å². The maximum atomic E-state index is 11.8. The summed E-state index contributed by atoms with van der Waals surface area (Å²) < 4.78 is 5.15. The molecule has 1 aliphatic heterocycles. The van der Waals surface area contributed by atoms with Gasteiger partial charge in [0.25, 0.3) is 5.91 Å². The van der Waals surface area contributed by atoms with Crippen molar-refractivity contribution in [3.8, 4) is 0 Å². The van der Waals surface area contributed by atoms with Crippen LogP contribution in [-0.4, -0.2) is 54.5 Å². The number of ether oxygens (including phenoxy) is 1. The quantitative estimate of drug-likeness (QED) is 0.796. The summed E-state index contributed by atoms with van der Waals surface area (Å²) in [4.78, 5) is 29.0. The molecule has 0 atom stereocenters. The maximum absolute atomic E-state index is 11.8. The number of rotatable bonds is 3. The van der Waals surface area contributed by atoms with Crippen LogP contribution in [-0.2, 0) is 9.53 Å². The number of carbonyl (C=O) groups is 2. The molecule has 0 radical (unpaired) electrons. The van der Waals surface area contributed by atoms with E-state index in [2.05, 4.69) is 10.3 Å². The van der Waals surface area contributed by atoms with E-state index < -0.39 is 0 Å². The van der Waals surface area contributed by atoms with E-state index in [4.69, 9.17) is 4.74 Å². The molecular formula is C12H15N3O3. The molecule has 1 fully saturated rings. The van der Waals surface area contributed by atoms with E-state index in [-0.39, 0.29) is 18.4 Å². The standard InChI is InChI=1S/C12H15N3O3/c16-11(15-5-7-18-8-6-15)9-14-12(17)10-3-1-2-4-13-10/h1-4H,5-9H2,(H,14,17). The molecule has 0 bridgehead atoms. The average Bonchev–Trinajstić information content (AvgIpc) is 2.46. The first-order valence-corrected chi connectivity index (χ1v) is 5.82. The molecule has 0 aromatic carbocycles. The number of nitrogens with zero attached hydrogens (tertiary/aromatic N) is 2. The van der Waals surface area contributed by atoms with E-state index >= 15 is 0 Å². The predicted octanol–water partition coefficient (Wildman–Crippen LogP) is -0.330. The zero-order valence-corrected chi connectivity index (χ0v) is 9.96. The van der Waals surface area contributed by atoms with Crippen LogP contribution in [0.25, 0.3) is 0 Å². The fourth-order valence-electron chi connectivity index (χ4n) is 1.67. The molecule has 6 heteroatoms. The number of nitrogens with one attached hydrogen (secondary N) is 1. The van der Waals surface area contributed by atoms with Gasteiger partial charge in [0.15, 0.2) is 0 Å². The third-order valence-electron chi connectivity index (χ3n) is 2.66. The van der Waals surface area contributed by atoms with Crippen LogP contribution in [0.3, 0.4) is 0 Å². The van der Waals surface area contributed by atoms with Gasteiger partial charge in [0.1, 0.15) is 5.69 Å². The minimum atomic E-state index is -0.336. The Morgan fingerprint density at radius 2 is 2.11 bits per heavy atom. The van der Waals surface area contributed by atoms with Crippen molar-refractivity contribution < 1.29 is 14.3 Å². The van der Waals surface area contributed by atoms with Crippen LogP contribution >= 0.6 is 0 Å². The lowest BCUT2D eigenvalue weighted by molar-refractivity contribution is -0.134. The highest BCUT2D eigenvalue weighted by atomic mass is 16.5. The van der Waals surface area contributed by atoms with Gasteiger partial charge in [-0.25, -0.2) is 0 Å². The van der Waals surface area contributed by atoms with Crippen molar-refractivity contribution in [1.29, 1.82) is 0 Å². The summed E-state index contributed by atoms with van der Waals surface area (Å²) in [6.07, 6.45) is 1.54. The number of amides is 2. The molecule has 0 aliphatic carbocycles. The minimum absolute atomic E-state index is 0.00456. The fourth-order valence-corrected chi connectivity index (χ4v) is 1.67. The highest BCUT2D eigenvalue weighted by Crippen LogP contribution is 1.97. The molecular weight excluding hydrogens is 234 g/mol. The van der Waals surface area contributed by atoms with E-state index in [9.17, 15) is 9.59 Å². The van der Waals surface area contributed by atoms with Crippen LogP contribution in [0.5, 0.6) is 0 Å². The lowest BCUT2D eigenvalue weighted by Crippen LogP contribution is -2.45. The summed E-state index contributed by atoms with van der Waals surface area (Å²) in [6.45, 7) is 2.27. The minimum Gasteiger partial charge on any atom is -0.378 e. The highest BCUT2D eigenvalue weighted by Gasteiger charge is 2.17. The summed E-state index contributed by atoms with van der Waals surface area (Å²) in [5.41, 5.74) is 0.312. The van der Waals surface area contributed by atoms with Gasteiger partial charge in [0.2, 0.25) is 5.91 Å². The Balaban J connectivity index is 1.80. The Bertz CT molecular complexity index is 416. The second kappa shape index (κ2) is 6.11. The first-order valence-electron chi connectivity index (χ1n) is 5.82. The van der Waals surface area contributed by atoms with Gasteiger partial charge in [0, 0.05) is 19.3 Å². The third kappa shape index (κ3) is 3.27. The molecule has 1 aromatic heterocycles. The Kier molecular flexibility index (Phi) is 4.25. The van der Waals surface area contributed by atoms with E-state index in [1.165, 1.54) is 0 Å². The molecule has 1 aliphatic rings. The van der Waals surface area contributed by atoms with E-state index in [0.29, 0.717) is 32.0 Å². The molecule has 6 nitrogen and oxygen atoms in total. The topological polar surface area (TPSA) is 71.5 Å². The third-order valence-corrected chi connectivity index (χ3v) is 2.66. The van der Waals surface area contributed by atoms with Gasteiger partial charge in [-0.1, -0.05) is 6.07 Å². The summed E-state index contributed by atoms with van der Waals surface area (Å²) in [5, 5.41) is 2.56. The van der Waals surface area contributed by atoms with Crippen LogP contribution < -0.4 is 5.32 Å². The molecule has 0 unspecified atom stereocenters. The molecule has 2 rings (SSSR count). The van der Waals surface area contributed by atoms with Crippen molar-refractivity contribution in [1.82, 2.24) is 15.2 Å². The maximum Gasteiger partial charge on any atom is 0.270 e. The lowest BCUT2D eigenvalue weighted by Gasteiger charge is -2.26. The zero-order chi connectivity index (χ0) is 12.8. The molecule has 1 aromatic rings. The zero-order valence-electron chi connectivity index (χ0n) is 9.96. The van der Waals surface area contributed by atoms with Crippen molar-refractivity contribution in [2.24, 2.45) is 0 Å². The number of hydrogen-bond acceptors (Lipinski definition) is 4. The molecule has 0 saturated carbocycles. The Labute approximate surface area is 105 Å². The SMILES string of the molecule is O=C(NCC(=O)N1CCOCC1)c1ccccn1. The van der Waals surface area contributed by atoms with Crippen LogP contribution in [0.4, 0.5) is 0 Å². The van der Waals surface area contributed by atoms with Crippen LogP contribution in [0, 0.1) is 0 Å². The van der Waals surface area contributed by atoms with Crippen molar-refractivity contribution >= 4 is 11.8 Å². The molecule has 18 heavy (non-hydrogen) atoms. The number of morpholine rings is 1. The molecule has 0 spiro atoms. The molecule has 2 amide bonds. The summed E-state index contributed by atoms with van der Waals surface area (Å²) >= 11 is 0. The van der Waals surface area contributed by atoms with Crippen LogP contribution in [0.15, 0.2) is 24.4 Å². The van der Waals surface area contributed by atoms with Gasteiger partial charge in [-0.2, -0.15) is 0 Å². The van der Waals surface area contributed by atoms with Crippen molar-refractivity contribution in [2.75, 3.05) is 32.8 Å². The van der Waals surface area contributed by atoms with Gasteiger partial charge in [-0.05, 0) is 12.1 Å². The van der Waals surface area contributed by atoms with Gasteiger partial charge >= 0.3 is 0 Å². The monoisotopic (exact) mass is 249 g/mol. The Morgan fingerprint density at radius 3 is 2.78 bits per heavy atom. The van der Waals surface area contributed by atoms with Gasteiger partial charge in [0.05, 0.1) is 19.8 Å². The largest absolute Gasteiger partial charge is 0.378 e. The second-order valence-electron chi connectivity index (χ2n) is 3.89. The van der Waals surface area contributed by atoms with Crippen LogP contribution in [0.1, 0.15) is 10.5 Å². The van der Waals surface area contributed by atoms with Crippen LogP contribution in [0.2, 0.25) is 0 Å². The Morgan fingerprint density at radius 1 is 1.33 bits per heavy atom. The summed E-state index contributed by atoms with van der Waals surface area (Å²) in [7, 11) is 0. The molecule has 96 valence electrons. The first-order chi connectivity index (χ1) is 8.77. The van der Waals surface area contributed by atoms with E-state index in [0.717, 1.165) is 0 Å². The van der Waals surface area contributed by atoms with Crippen molar-refractivity contribution in [2.45, 2.75) is 0 Å². The number of hydrogen-bond donors (Lipinski definition) is 1. The van der Waals surface area contributed by atoms with Crippen molar-refractivity contribution in [3.63, 3.8) is 0 Å². The van der Waals surface area contributed by atoms with Gasteiger partial charge < -0.3 is 15.0 Å². The average molecular weight is 249 g/mol. The van der Waals surface area contributed by atoms with Gasteiger partial charge in [-0.15, -0.1) is 0 Å².